The molecule has 0 aliphatic heterocycles. The highest BCUT2D eigenvalue weighted by molar-refractivity contribution is 7.99. The fourth-order valence-electron chi connectivity index (χ4n) is 2.42. The van der Waals surface area contributed by atoms with E-state index in [9.17, 15) is 4.79 Å². The second-order valence-electron chi connectivity index (χ2n) is 5.47. The molecule has 0 atom stereocenters. The van der Waals surface area contributed by atoms with Crippen molar-refractivity contribution in [1.29, 1.82) is 0 Å². The van der Waals surface area contributed by atoms with Crippen LogP contribution in [-0.4, -0.2) is 38.6 Å². The van der Waals surface area contributed by atoms with Gasteiger partial charge in [0.1, 0.15) is 0 Å². The average Bonchev–Trinajstić information content (AvgIpc) is 3.06. The van der Waals surface area contributed by atoms with Crippen LogP contribution in [0.5, 0.6) is 0 Å². The number of methoxy groups -OCH3 is 1. The highest BCUT2D eigenvalue weighted by Crippen LogP contribution is 2.30. The third-order valence-electron chi connectivity index (χ3n) is 3.92. The number of thioether (sulfide) groups is 1. The number of carbonyl (C=O) groups excluding carboxylic acids is 1. The third kappa shape index (κ3) is 3.56. The van der Waals surface area contributed by atoms with Crippen molar-refractivity contribution in [2.45, 2.75) is 19.0 Å². The van der Waals surface area contributed by atoms with Gasteiger partial charge in [-0.05, 0) is 43.2 Å². The number of carbonyl (C=O) groups is 1. The normalized spacial score (nSPS) is 10.7. The molecule has 1 aromatic carbocycles. The van der Waals surface area contributed by atoms with Crippen molar-refractivity contribution in [2.75, 3.05) is 12.9 Å². The van der Waals surface area contributed by atoms with E-state index in [0.29, 0.717) is 11.0 Å². The minimum atomic E-state index is -0.302. The van der Waals surface area contributed by atoms with Crippen LogP contribution in [-0.2, 0) is 9.53 Å². The third-order valence-corrected chi connectivity index (χ3v) is 4.82. The molecule has 0 aliphatic carbocycles. The van der Waals surface area contributed by atoms with Crippen LogP contribution in [0.2, 0.25) is 0 Å². The molecule has 7 heteroatoms. The zero-order chi connectivity index (χ0) is 17.8. The molecule has 2 aromatic heterocycles. The second kappa shape index (κ2) is 7.48. The lowest BCUT2D eigenvalue weighted by Gasteiger charge is -2.14. The van der Waals surface area contributed by atoms with Gasteiger partial charge in [0.05, 0.1) is 18.6 Å². The van der Waals surface area contributed by atoms with E-state index < -0.39 is 0 Å². The van der Waals surface area contributed by atoms with Crippen molar-refractivity contribution in [2.24, 2.45) is 0 Å². The lowest BCUT2D eigenvalue weighted by Crippen LogP contribution is -2.07. The summed E-state index contributed by atoms with van der Waals surface area (Å²) < 4.78 is 6.69. The van der Waals surface area contributed by atoms with Crippen molar-refractivity contribution in [3.05, 3.63) is 53.9 Å². The number of hydrogen-bond acceptors (Lipinski definition) is 6. The smallest absolute Gasteiger partial charge is 0.316 e. The number of aromatic nitrogens is 4. The van der Waals surface area contributed by atoms with Gasteiger partial charge in [0, 0.05) is 18.0 Å². The predicted octanol–water partition coefficient (Wildman–Crippen LogP) is 3.21. The van der Waals surface area contributed by atoms with Gasteiger partial charge in [0.2, 0.25) is 0 Å². The Morgan fingerprint density at radius 3 is 2.76 bits per heavy atom. The molecule has 0 unspecified atom stereocenters. The summed E-state index contributed by atoms with van der Waals surface area (Å²) in [7, 11) is 1.37. The molecule has 128 valence electrons. The van der Waals surface area contributed by atoms with Crippen LogP contribution in [0.1, 0.15) is 11.1 Å². The summed E-state index contributed by atoms with van der Waals surface area (Å²) in [5, 5.41) is 9.26. The molecule has 6 nitrogen and oxygen atoms in total. The molecular formula is C18H18N4O2S. The molecule has 0 N–H and O–H groups in total. The summed E-state index contributed by atoms with van der Waals surface area (Å²) in [5.74, 6) is 0.560. The fraction of sp³-hybridized carbons (Fsp3) is 0.222. The van der Waals surface area contributed by atoms with Gasteiger partial charge in [-0.15, -0.1) is 10.2 Å². The zero-order valence-corrected chi connectivity index (χ0v) is 15.1. The molecule has 25 heavy (non-hydrogen) atoms. The molecule has 3 rings (SSSR count). The number of hydrogen-bond donors (Lipinski definition) is 0. The summed E-state index contributed by atoms with van der Waals surface area (Å²) in [4.78, 5) is 15.7. The summed E-state index contributed by atoms with van der Waals surface area (Å²) in [6.07, 6.45) is 3.47. The summed E-state index contributed by atoms with van der Waals surface area (Å²) in [6, 6.07) is 9.88. The van der Waals surface area contributed by atoms with Crippen LogP contribution in [0.4, 0.5) is 0 Å². The Morgan fingerprint density at radius 1 is 1.20 bits per heavy atom. The minimum Gasteiger partial charge on any atom is -0.468 e. The highest BCUT2D eigenvalue weighted by atomic mass is 32.2. The van der Waals surface area contributed by atoms with Crippen molar-refractivity contribution in [3.63, 3.8) is 0 Å². The first-order chi connectivity index (χ1) is 12.1. The summed E-state index contributed by atoms with van der Waals surface area (Å²) in [6.45, 7) is 4.13. The maximum Gasteiger partial charge on any atom is 0.316 e. The van der Waals surface area contributed by atoms with Crippen LogP contribution in [0.25, 0.3) is 17.1 Å². The van der Waals surface area contributed by atoms with Crippen molar-refractivity contribution >= 4 is 17.7 Å². The van der Waals surface area contributed by atoms with Crippen LogP contribution in [0, 0.1) is 13.8 Å². The van der Waals surface area contributed by atoms with Crippen LogP contribution >= 0.6 is 11.8 Å². The van der Waals surface area contributed by atoms with E-state index in [2.05, 4.69) is 35.1 Å². The van der Waals surface area contributed by atoms with Crippen LogP contribution < -0.4 is 0 Å². The molecule has 0 saturated carbocycles. The molecule has 0 spiro atoms. The Labute approximate surface area is 150 Å². The van der Waals surface area contributed by atoms with E-state index in [0.717, 1.165) is 16.8 Å². The van der Waals surface area contributed by atoms with E-state index in [1.165, 1.54) is 24.4 Å². The fourth-order valence-corrected chi connectivity index (χ4v) is 3.20. The quantitative estimate of drug-likeness (QED) is 0.518. The molecule has 0 saturated heterocycles. The predicted molar refractivity (Wildman–Crippen MR) is 96.8 cm³/mol. The molecule has 3 aromatic rings. The van der Waals surface area contributed by atoms with Crippen LogP contribution in [0.15, 0.2) is 47.9 Å². The minimum absolute atomic E-state index is 0.173. The Bertz CT molecular complexity index is 893. The summed E-state index contributed by atoms with van der Waals surface area (Å²) >= 11 is 1.30. The first-order valence-corrected chi connectivity index (χ1v) is 8.72. The zero-order valence-electron chi connectivity index (χ0n) is 14.3. The Hall–Kier alpha value is -2.67. The number of nitrogens with zero attached hydrogens (tertiary/aromatic N) is 4. The summed E-state index contributed by atoms with van der Waals surface area (Å²) in [5.41, 5.74) is 4.15. The maximum absolute atomic E-state index is 11.5. The number of ether oxygens (including phenoxy) is 1. The van der Waals surface area contributed by atoms with Gasteiger partial charge in [-0.2, -0.15) is 0 Å². The molecule has 0 amide bonds. The number of esters is 1. The van der Waals surface area contributed by atoms with Gasteiger partial charge in [-0.1, -0.05) is 23.9 Å². The lowest BCUT2D eigenvalue weighted by atomic mass is 10.1. The standard InChI is InChI=1S/C18H18N4O2S/c1-12-6-4-8-15(13(12)2)22-17(14-7-5-9-19-10-14)20-21-18(22)25-11-16(23)24-3/h4-10H,11H2,1-3H3. The number of rotatable bonds is 5. The maximum atomic E-state index is 11.5. The molecular weight excluding hydrogens is 336 g/mol. The SMILES string of the molecule is COC(=O)CSc1nnc(-c2cccnc2)n1-c1cccc(C)c1C. The molecule has 0 radical (unpaired) electrons. The second-order valence-corrected chi connectivity index (χ2v) is 6.41. The molecule has 0 aliphatic rings. The van der Waals surface area contributed by atoms with Gasteiger partial charge >= 0.3 is 5.97 Å². The van der Waals surface area contributed by atoms with Gasteiger partial charge < -0.3 is 4.74 Å². The molecule has 0 fully saturated rings. The van der Waals surface area contributed by atoms with Gasteiger partial charge in [0.25, 0.3) is 0 Å². The first kappa shape index (κ1) is 17.2. The number of benzene rings is 1. The van der Waals surface area contributed by atoms with E-state index in [4.69, 9.17) is 4.74 Å². The highest BCUT2D eigenvalue weighted by Gasteiger charge is 2.19. The number of aryl methyl sites for hydroxylation is 1. The first-order valence-electron chi connectivity index (χ1n) is 7.74. The van der Waals surface area contributed by atoms with Gasteiger partial charge in [0.15, 0.2) is 11.0 Å². The van der Waals surface area contributed by atoms with E-state index in [1.54, 1.807) is 12.4 Å². The van der Waals surface area contributed by atoms with Gasteiger partial charge in [-0.3, -0.25) is 14.3 Å². The molecule has 0 bridgehead atoms. The Kier molecular flexibility index (Phi) is 5.14. The Morgan fingerprint density at radius 2 is 2.04 bits per heavy atom. The Balaban J connectivity index is 2.13. The van der Waals surface area contributed by atoms with E-state index >= 15 is 0 Å². The monoisotopic (exact) mass is 354 g/mol. The van der Waals surface area contributed by atoms with E-state index in [-0.39, 0.29) is 11.7 Å². The largest absolute Gasteiger partial charge is 0.468 e. The van der Waals surface area contributed by atoms with Crippen molar-refractivity contribution in [1.82, 2.24) is 19.7 Å². The molecule has 2 heterocycles. The van der Waals surface area contributed by atoms with Crippen LogP contribution in [0.3, 0.4) is 0 Å². The average molecular weight is 354 g/mol. The topological polar surface area (TPSA) is 69.9 Å². The number of pyridine rings is 1. The van der Waals surface area contributed by atoms with Crippen molar-refractivity contribution < 1.29 is 9.53 Å². The lowest BCUT2D eigenvalue weighted by molar-refractivity contribution is -0.137. The van der Waals surface area contributed by atoms with Gasteiger partial charge in [-0.25, -0.2) is 0 Å². The van der Waals surface area contributed by atoms with Crippen molar-refractivity contribution in [3.8, 4) is 17.1 Å². The van der Waals surface area contributed by atoms with E-state index in [1.807, 2.05) is 28.8 Å².